The lowest BCUT2D eigenvalue weighted by Crippen LogP contribution is -2.19. The second kappa shape index (κ2) is 23.6. The maximum atomic E-state index is 8.81. The number of rotatable bonds is 22. The third kappa shape index (κ3) is 21.7. The molecule has 0 aliphatic heterocycles. The van der Waals surface area contributed by atoms with Crippen LogP contribution in [0.15, 0.2) is 12.2 Å². The Kier molecular flexibility index (Phi) is 23.2. The molecule has 0 fully saturated rings. The van der Waals surface area contributed by atoms with Gasteiger partial charge in [0, 0.05) is 33.0 Å². The monoisotopic (exact) mass is 388 g/mol. The Hall–Kier alpha value is -0.460. The number of allylic oxidation sites excluding steroid dienone is 1. The molecule has 0 aliphatic rings. The topological polar surface area (TPSA) is 79.2 Å². The van der Waals surface area contributed by atoms with Gasteiger partial charge >= 0.3 is 0 Å². The smallest absolute Gasteiger partial charge is 0.157 e. The fraction of sp³-hybridized carbons (Fsp3) is 0.909. The van der Waals surface area contributed by atoms with Crippen molar-refractivity contribution in [1.82, 2.24) is 0 Å². The molecule has 162 valence electrons. The summed E-state index contributed by atoms with van der Waals surface area (Å²) in [7, 11) is 0. The third-order valence-corrected chi connectivity index (χ3v) is 4.49. The van der Waals surface area contributed by atoms with Crippen molar-refractivity contribution in [3.63, 3.8) is 0 Å². The number of aliphatic hydroxyl groups excluding tert-OH is 3. The van der Waals surface area contributed by atoms with Gasteiger partial charge in [-0.2, -0.15) is 0 Å². The van der Waals surface area contributed by atoms with Crippen LogP contribution in [0.5, 0.6) is 0 Å². The standard InChI is InChI=1S/C22H44O5/c23-17-11-5-3-1-2-4-10-16-22(26-20-14-8-6-12-18-24)27-21-15-9-7-13-19-25/h3,5,22-25H,1-2,4,6-21H2/b5-3-. The minimum absolute atomic E-state index is 0.106. The van der Waals surface area contributed by atoms with E-state index in [1.807, 2.05) is 6.08 Å². The molecule has 0 aliphatic carbocycles. The maximum Gasteiger partial charge on any atom is 0.157 e. The second-order valence-corrected chi connectivity index (χ2v) is 7.07. The molecule has 0 aromatic carbocycles. The van der Waals surface area contributed by atoms with Crippen molar-refractivity contribution in [1.29, 1.82) is 0 Å². The Labute approximate surface area is 166 Å². The van der Waals surface area contributed by atoms with Gasteiger partial charge in [0.2, 0.25) is 0 Å². The summed E-state index contributed by atoms with van der Waals surface area (Å²) in [4.78, 5) is 0. The van der Waals surface area contributed by atoms with Crippen LogP contribution >= 0.6 is 0 Å². The van der Waals surface area contributed by atoms with E-state index < -0.39 is 0 Å². The fourth-order valence-corrected chi connectivity index (χ4v) is 2.84. The summed E-state index contributed by atoms with van der Waals surface area (Å²) in [6.45, 7) is 2.23. The van der Waals surface area contributed by atoms with Gasteiger partial charge < -0.3 is 24.8 Å². The molecule has 0 saturated heterocycles. The fourth-order valence-electron chi connectivity index (χ4n) is 2.84. The molecule has 0 bridgehead atoms. The van der Waals surface area contributed by atoms with Gasteiger partial charge in [0.15, 0.2) is 6.29 Å². The van der Waals surface area contributed by atoms with E-state index in [1.165, 1.54) is 6.42 Å². The van der Waals surface area contributed by atoms with Crippen LogP contribution in [0.2, 0.25) is 0 Å². The van der Waals surface area contributed by atoms with E-state index in [-0.39, 0.29) is 26.1 Å². The molecule has 0 amide bonds. The lowest BCUT2D eigenvalue weighted by atomic mass is 10.1. The average Bonchev–Trinajstić information content (AvgIpc) is 2.68. The Bertz CT molecular complexity index is 280. The SMILES string of the molecule is OCC/C=C\CCCCCC(OCCCCCCO)OCCCCCCO. The van der Waals surface area contributed by atoms with Crippen molar-refractivity contribution >= 4 is 0 Å². The van der Waals surface area contributed by atoms with E-state index in [2.05, 4.69) is 6.08 Å². The number of unbranched alkanes of at least 4 members (excludes halogenated alkanes) is 9. The van der Waals surface area contributed by atoms with Gasteiger partial charge in [-0.3, -0.25) is 0 Å². The molecule has 0 aromatic heterocycles. The zero-order chi connectivity index (χ0) is 19.8. The summed E-state index contributed by atoms with van der Waals surface area (Å²) in [6.07, 6.45) is 18.4. The molecule has 0 rings (SSSR count). The average molecular weight is 389 g/mol. The van der Waals surface area contributed by atoms with Gasteiger partial charge in [0.05, 0.1) is 0 Å². The number of ether oxygens (including phenoxy) is 2. The van der Waals surface area contributed by atoms with E-state index in [1.54, 1.807) is 0 Å². The summed E-state index contributed by atoms with van der Waals surface area (Å²) < 4.78 is 11.9. The van der Waals surface area contributed by atoms with Crippen molar-refractivity contribution in [3.05, 3.63) is 12.2 Å². The molecular formula is C22H44O5. The van der Waals surface area contributed by atoms with Crippen LogP contribution in [0.3, 0.4) is 0 Å². The summed E-state index contributed by atoms with van der Waals surface area (Å²) in [5.41, 5.74) is 0. The lowest BCUT2D eigenvalue weighted by molar-refractivity contribution is -0.148. The third-order valence-electron chi connectivity index (χ3n) is 4.49. The van der Waals surface area contributed by atoms with Crippen molar-refractivity contribution in [2.75, 3.05) is 33.0 Å². The van der Waals surface area contributed by atoms with Crippen molar-refractivity contribution in [2.45, 2.75) is 96.2 Å². The van der Waals surface area contributed by atoms with Gasteiger partial charge in [-0.25, -0.2) is 0 Å². The maximum absolute atomic E-state index is 8.81. The first kappa shape index (κ1) is 26.5. The van der Waals surface area contributed by atoms with E-state index in [9.17, 15) is 0 Å². The molecule has 5 nitrogen and oxygen atoms in total. The predicted octanol–water partition coefficient (Wildman–Crippen LogP) is 4.34. The van der Waals surface area contributed by atoms with Crippen molar-refractivity contribution < 1.29 is 24.8 Å². The number of hydrogen-bond acceptors (Lipinski definition) is 5. The van der Waals surface area contributed by atoms with Crippen LogP contribution in [0.25, 0.3) is 0 Å². The molecule has 3 N–H and O–H groups in total. The molecule has 0 spiro atoms. The van der Waals surface area contributed by atoms with Crippen molar-refractivity contribution in [2.24, 2.45) is 0 Å². The Morgan fingerprint density at radius 1 is 0.519 bits per heavy atom. The Balaban J connectivity index is 3.83. The van der Waals surface area contributed by atoms with Crippen LogP contribution in [0.1, 0.15) is 89.9 Å². The van der Waals surface area contributed by atoms with E-state index in [4.69, 9.17) is 24.8 Å². The quantitative estimate of drug-likeness (QED) is 0.146. The molecule has 0 aromatic rings. The summed E-state index contributed by atoms with van der Waals surface area (Å²) in [5.74, 6) is 0. The van der Waals surface area contributed by atoms with E-state index in [0.29, 0.717) is 0 Å². The minimum atomic E-state index is -0.106. The van der Waals surface area contributed by atoms with E-state index >= 15 is 0 Å². The van der Waals surface area contributed by atoms with Crippen LogP contribution in [-0.2, 0) is 9.47 Å². The molecule has 27 heavy (non-hydrogen) atoms. The van der Waals surface area contributed by atoms with Crippen LogP contribution in [-0.4, -0.2) is 54.6 Å². The largest absolute Gasteiger partial charge is 0.396 e. The molecule has 0 heterocycles. The molecule has 0 atom stereocenters. The predicted molar refractivity (Wildman–Crippen MR) is 111 cm³/mol. The number of hydrogen-bond donors (Lipinski definition) is 3. The van der Waals surface area contributed by atoms with Gasteiger partial charge in [0.25, 0.3) is 0 Å². The molecule has 0 radical (unpaired) electrons. The first-order chi connectivity index (χ1) is 13.3. The highest BCUT2D eigenvalue weighted by Crippen LogP contribution is 2.12. The van der Waals surface area contributed by atoms with Crippen LogP contribution < -0.4 is 0 Å². The second-order valence-electron chi connectivity index (χ2n) is 7.07. The molecule has 0 unspecified atom stereocenters. The summed E-state index contributed by atoms with van der Waals surface area (Å²) in [5, 5.41) is 26.3. The van der Waals surface area contributed by atoms with Gasteiger partial charge in [-0.05, 0) is 57.8 Å². The molecular weight excluding hydrogens is 344 g/mol. The highest BCUT2D eigenvalue weighted by Gasteiger charge is 2.09. The zero-order valence-electron chi connectivity index (χ0n) is 17.3. The van der Waals surface area contributed by atoms with E-state index in [0.717, 1.165) is 96.7 Å². The first-order valence-electron chi connectivity index (χ1n) is 11.1. The lowest BCUT2D eigenvalue weighted by Gasteiger charge is -2.19. The highest BCUT2D eigenvalue weighted by molar-refractivity contribution is 4.80. The van der Waals surface area contributed by atoms with Crippen molar-refractivity contribution in [3.8, 4) is 0 Å². The van der Waals surface area contributed by atoms with Gasteiger partial charge in [0.1, 0.15) is 0 Å². The Morgan fingerprint density at radius 2 is 1.04 bits per heavy atom. The molecule has 5 heteroatoms. The van der Waals surface area contributed by atoms with Crippen LogP contribution in [0, 0.1) is 0 Å². The zero-order valence-corrected chi connectivity index (χ0v) is 17.3. The summed E-state index contributed by atoms with van der Waals surface area (Å²) in [6, 6.07) is 0. The highest BCUT2D eigenvalue weighted by atomic mass is 16.7. The summed E-state index contributed by atoms with van der Waals surface area (Å²) >= 11 is 0. The normalized spacial score (nSPS) is 11.9. The Morgan fingerprint density at radius 3 is 1.59 bits per heavy atom. The first-order valence-corrected chi connectivity index (χ1v) is 11.1. The molecule has 0 saturated carbocycles. The number of aliphatic hydroxyl groups is 3. The minimum Gasteiger partial charge on any atom is -0.396 e. The van der Waals surface area contributed by atoms with Gasteiger partial charge in [-0.1, -0.05) is 44.3 Å². The van der Waals surface area contributed by atoms with Crippen LogP contribution in [0.4, 0.5) is 0 Å². The van der Waals surface area contributed by atoms with Gasteiger partial charge in [-0.15, -0.1) is 0 Å².